The molecule has 1 aromatic rings. The van der Waals surface area contributed by atoms with Gasteiger partial charge in [0.1, 0.15) is 5.82 Å². The third-order valence-corrected chi connectivity index (χ3v) is 3.51. The van der Waals surface area contributed by atoms with Gasteiger partial charge in [0, 0.05) is 6.20 Å². The highest BCUT2D eigenvalue weighted by molar-refractivity contribution is 6.33. The van der Waals surface area contributed by atoms with E-state index in [2.05, 4.69) is 10.3 Å². The van der Waals surface area contributed by atoms with Crippen LogP contribution in [0.2, 0.25) is 5.02 Å². The number of aliphatic hydroxyl groups is 1. The van der Waals surface area contributed by atoms with E-state index in [1.807, 2.05) is 0 Å². The van der Waals surface area contributed by atoms with Gasteiger partial charge in [0.15, 0.2) is 0 Å². The van der Waals surface area contributed by atoms with Gasteiger partial charge in [-0.05, 0) is 18.9 Å². The Morgan fingerprint density at radius 1 is 1.32 bits per heavy atom. The molecule has 1 heterocycles. The maximum atomic E-state index is 12.5. The first-order chi connectivity index (χ1) is 8.88. The summed E-state index contributed by atoms with van der Waals surface area (Å²) in [5, 5.41) is 12.6. The number of hydrogen-bond donors (Lipinski definition) is 2. The van der Waals surface area contributed by atoms with E-state index in [1.54, 1.807) is 0 Å². The molecule has 1 aromatic heterocycles. The van der Waals surface area contributed by atoms with Crippen molar-refractivity contribution in [1.29, 1.82) is 0 Å². The molecule has 7 heteroatoms. The fourth-order valence-corrected chi connectivity index (χ4v) is 2.38. The standard InChI is InChI=1S/C12H14ClF3N2O/c13-8-5-7(12(14,15)16)6-17-11(8)18-9-3-1-2-4-10(9)19/h5-6,9-10,19H,1-4H2,(H,17,18)/t9-,10-/m0/s1. The predicted molar refractivity (Wildman–Crippen MR) is 66.1 cm³/mol. The summed E-state index contributed by atoms with van der Waals surface area (Å²) in [7, 11) is 0. The lowest BCUT2D eigenvalue weighted by Gasteiger charge is -2.29. The molecule has 3 nitrogen and oxygen atoms in total. The second-order valence-electron chi connectivity index (χ2n) is 4.65. The second-order valence-corrected chi connectivity index (χ2v) is 5.06. The zero-order valence-electron chi connectivity index (χ0n) is 10.0. The monoisotopic (exact) mass is 294 g/mol. The van der Waals surface area contributed by atoms with Crippen LogP contribution >= 0.6 is 11.6 Å². The Hall–Kier alpha value is -1.01. The zero-order valence-corrected chi connectivity index (χ0v) is 10.8. The van der Waals surface area contributed by atoms with Crippen molar-refractivity contribution >= 4 is 17.4 Å². The topological polar surface area (TPSA) is 45.1 Å². The van der Waals surface area contributed by atoms with Gasteiger partial charge in [-0.15, -0.1) is 0 Å². The molecule has 0 amide bonds. The lowest BCUT2D eigenvalue weighted by Crippen LogP contribution is -2.36. The number of aliphatic hydroxyl groups excluding tert-OH is 1. The molecule has 0 bridgehead atoms. The van der Waals surface area contributed by atoms with Gasteiger partial charge in [-0.25, -0.2) is 4.98 Å². The van der Waals surface area contributed by atoms with Crippen molar-refractivity contribution in [2.24, 2.45) is 0 Å². The van der Waals surface area contributed by atoms with Crippen LogP contribution in [0.5, 0.6) is 0 Å². The van der Waals surface area contributed by atoms with E-state index in [0.29, 0.717) is 6.42 Å². The summed E-state index contributed by atoms with van der Waals surface area (Å²) in [6, 6.07) is 0.627. The van der Waals surface area contributed by atoms with Gasteiger partial charge in [0.2, 0.25) is 0 Å². The molecule has 0 spiro atoms. The highest BCUT2D eigenvalue weighted by Crippen LogP contribution is 2.33. The number of rotatable bonds is 2. The van der Waals surface area contributed by atoms with Gasteiger partial charge in [-0.3, -0.25) is 0 Å². The van der Waals surface area contributed by atoms with Gasteiger partial charge in [-0.1, -0.05) is 24.4 Å². The van der Waals surface area contributed by atoms with E-state index in [0.717, 1.165) is 31.5 Å². The molecule has 2 atom stereocenters. The van der Waals surface area contributed by atoms with Crippen molar-refractivity contribution in [3.8, 4) is 0 Å². The van der Waals surface area contributed by atoms with Crippen LogP contribution in [0.1, 0.15) is 31.2 Å². The summed E-state index contributed by atoms with van der Waals surface area (Å²) in [6.07, 6.45) is -0.895. The van der Waals surface area contributed by atoms with Crippen LogP contribution in [0.3, 0.4) is 0 Å². The van der Waals surface area contributed by atoms with Crippen LogP contribution in [0, 0.1) is 0 Å². The summed E-state index contributed by atoms with van der Waals surface area (Å²) in [4.78, 5) is 3.70. The Bertz CT molecular complexity index is 453. The van der Waals surface area contributed by atoms with Crippen LogP contribution < -0.4 is 5.32 Å². The Kier molecular flexibility index (Phi) is 4.20. The average molecular weight is 295 g/mol. The number of aromatic nitrogens is 1. The normalized spacial score (nSPS) is 24.3. The quantitative estimate of drug-likeness (QED) is 0.878. The van der Waals surface area contributed by atoms with Crippen LogP contribution in [-0.4, -0.2) is 22.2 Å². The molecule has 2 rings (SSSR count). The van der Waals surface area contributed by atoms with Gasteiger partial charge in [-0.2, -0.15) is 13.2 Å². The zero-order chi connectivity index (χ0) is 14.0. The molecule has 1 saturated carbocycles. The highest BCUT2D eigenvalue weighted by atomic mass is 35.5. The van der Waals surface area contributed by atoms with Gasteiger partial charge in [0.05, 0.1) is 22.7 Å². The third-order valence-electron chi connectivity index (χ3n) is 3.22. The molecule has 0 aliphatic heterocycles. The minimum Gasteiger partial charge on any atom is -0.391 e. The fourth-order valence-electron chi connectivity index (χ4n) is 2.15. The maximum Gasteiger partial charge on any atom is 0.417 e. The van der Waals surface area contributed by atoms with Crippen molar-refractivity contribution in [3.63, 3.8) is 0 Å². The molecule has 0 radical (unpaired) electrons. The molecule has 0 aromatic carbocycles. The van der Waals surface area contributed by atoms with Crippen molar-refractivity contribution in [3.05, 3.63) is 22.8 Å². The largest absolute Gasteiger partial charge is 0.417 e. The Balaban J connectivity index is 2.13. The van der Waals surface area contributed by atoms with E-state index in [-0.39, 0.29) is 16.9 Å². The number of anilines is 1. The van der Waals surface area contributed by atoms with Crippen molar-refractivity contribution in [2.45, 2.75) is 44.0 Å². The van der Waals surface area contributed by atoms with Crippen LogP contribution in [0.4, 0.5) is 19.0 Å². The Morgan fingerprint density at radius 2 is 2.00 bits per heavy atom. The fraction of sp³-hybridized carbons (Fsp3) is 0.583. The molecule has 1 aliphatic carbocycles. The lowest BCUT2D eigenvalue weighted by atomic mass is 9.92. The lowest BCUT2D eigenvalue weighted by molar-refractivity contribution is -0.137. The maximum absolute atomic E-state index is 12.5. The van der Waals surface area contributed by atoms with E-state index >= 15 is 0 Å². The number of halogens is 4. The Labute approximate surface area is 113 Å². The number of hydrogen-bond acceptors (Lipinski definition) is 3. The first-order valence-electron chi connectivity index (χ1n) is 6.05. The molecular weight excluding hydrogens is 281 g/mol. The van der Waals surface area contributed by atoms with Gasteiger partial charge >= 0.3 is 6.18 Å². The molecule has 2 N–H and O–H groups in total. The summed E-state index contributed by atoms with van der Waals surface area (Å²) in [6.45, 7) is 0. The summed E-state index contributed by atoms with van der Waals surface area (Å²) in [5.74, 6) is 0.181. The molecular formula is C12H14ClF3N2O. The summed E-state index contributed by atoms with van der Waals surface area (Å²) >= 11 is 5.80. The van der Waals surface area contributed by atoms with E-state index in [4.69, 9.17) is 11.6 Å². The smallest absolute Gasteiger partial charge is 0.391 e. The SMILES string of the molecule is O[C@H]1CCCC[C@@H]1Nc1ncc(C(F)(F)F)cc1Cl. The molecule has 0 unspecified atom stereocenters. The number of nitrogens with zero attached hydrogens (tertiary/aromatic N) is 1. The van der Waals surface area contributed by atoms with Gasteiger partial charge < -0.3 is 10.4 Å². The first kappa shape index (κ1) is 14.4. The van der Waals surface area contributed by atoms with Gasteiger partial charge in [0.25, 0.3) is 0 Å². The molecule has 0 saturated heterocycles. The van der Waals surface area contributed by atoms with E-state index < -0.39 is 17.8 Å². The minimum absolute atomic E-state index is 0.0902. The number of alkyl halides is 3. The Morgan fingerprint density at radius 3 is 2.58 bits per heavy atom. The van der Waals surface area contributed by atoms with E-state index in [1.165, 1.54) is 0 Å². The van der Waals surface area contributed by atoms with Crippen molar-refractivity contribution < 1.29 is 18.3 Å². The third kappa shape index (κ3) is 3.51. The van der Waals surface area contributed by atoms with E-state index in [9.17, 15) is 18.3 Å². The average Bonchev–Trinajstić information content (AvgIpc) is 2.33. The molecule has 19 heavy (non-hydrogen) atoms. The summed E-state index contributed by atoms with van der Waals surface area (Å²) < 4.78 is 37.4. The van der Waals surface area contributed by atoms with Crippen LogP contribution in [-0.2, 0) is 6.18 Å². The molecule has 1 aliphatic rings. The predicted octanol–water partition coefficient (Wildman–Crippen LogP) is 3.47. The van der Waals surface area contributed by atoms with Crippen LogP contribution in [0.15, 0.2) is 12.3 Å². The van der Waals surface area contributed by atoms with Crippen LogP contribution in [0.25, 0.3) is 0 Å². The first-order valence-corrected chi connectivity index (χ1v) is 6.43. The summed E-state index contributed by atoms with van der Waals surface area (Å²) in [5.41, 5.74) is -0.882. The second kappa shape index (κ2) is 5.54. The number of pyridine rings is 1. The molecule has 1 fully saturated rings. The van der Waals surface area contributed by atoms with Crippen molar-refractivity contribution in [1.82, 2.24) is 4.98 Å². The number of nitrogens with one attached hydrogen (secondary N) is 1. The minimum atomic E-state index is -4.46. The molecule has 106 valence electrons. The van der Waals surface area contributed by atoms with Crippen molar-refractivity contribution in [2.75, 3.05) is 5.32 Å². The highest BCUT2D eigenvalue weighted by Gasteiger charge is 2.32.